The Morgan fingerprint density at radius 1 is 1.59 bits per heavy atom. The largest absolute Gasteiger partial charge is 0.384 e. The molecule has 0 spiro atoms. The van der Waals surface area contributed by atoms with Crippen molar-refractivity contribution in [1.82, 2.24) is 15.0 Å². The Kier molecular flexibility index (Phi) is 3.73. The molecule has 1 aliphatic rings. The Balaban J connectivity index is 1.84. The number of rotatable bonds is 5. The van der Waals surface area contributed by atoms with Crippen LogP contribution in [-0.2, 0) is 16.0 Å². The summed E-state index contributed by atoms with van der Waals surface area (Å²) in [7, 11) is 1.64. The van der Waals surface area contributed by atoms with Gasteiger partial charge in [0.1, 0.15) is 0 Å². The first kappa shape index (κ1) is 12.0. The van der Waals surface area contributed by atoms with Crippen LogP contribution >= 0.6 is 0 Å². The molecule has 0 bridgehead atoms. The first-order valence-corrected chi connectivity index (χ1v) is 5.83. The van der Waals surface area contributed by atoms with Crippen molar-refractivity contribution in [3.05, 3.63) is 11.7 Å². The first-order valence-electron chi connectivity index (χ1n) is 5.83. The van der Waals surface area contributed by atoms with Crippen LogP contribution in [0.3, 0.4) is 0 Å². The lowest BCUT2D eigenvalue weighted by Gasteiger charge is -2.36. The van der Waals surface area contributed by atoms with Crippen LogP contribution in [0.5, 0.6) is 0 Å². The summed E-state index contributed by atoms with van der Waals surface area (Å²) < 4.78 is 10.1. The standard InChI is InChI=1S/C11H17N3O3/c1-3-10(15)14-6-8(7-14)11-12-9(13-17-11)4-5-16-2/h8H,3-7H2,1-2H3. The molecule has 2 rings (SSSR count). The number of nitrogens with zero attached hydrogens (tertiary/aromatic N) is 3. The first-order chi connectivity index (χ1) is 8.24. The van der Waals surface area contributed by atoms with Gasteiger partial charge in [-0.25, -0.2) is 0 Å². The molecule has 1 aliphatic heterocycles. The molecule has 17 heavy (non-hydrogen) atoms. The van der Waals surface area contributed by atoms with Crippen LogP contribution in [0.1, 0.15) is 31.0 Å². The highest BCUT2D eigenvalue weighted by Crippen LogP contribution is 2.26. The summed E-state index contributed by atoms with van der Waals surface area (Å²) in [5, 5.41) is 3.88. The minimum atomic E-state index is 0.181. The van der Waals surface area contributed by atoms with Crippen molar-refractivity contribution in [3.63, 3.8) is 0 Å². The highest BCUT2D eigenvalue weighted by Gasteiger charge is 2.34. The molecule has 0 N–H and O–H groups in total. The molecule has 0 saturated carbocycles. The minimum absolute atomic E-state index is 0.181. The molecule has 1 aromatic rings. The van der Waals surface area contributed by atoms with Gasteiger partial charge in [0.05, 0.1) is 12.5 Å². The van der Waals surface area contributed by atoms with Crippen LogP contribution in [0.15, 0.2) is 4.52 Å². The summed E-state index contributed by atoms with van der Waals surface area (Å²) in [4.78, 5) is 17.5. The van der Waals surface area contributed by atoms with E-state index in [4.69, 9.17) is 9.26 Å². The number of carbonyl (C=O) groups is 1. The third-order valence-corrected chi connectivity index (χ3v) is 2.90. The highest BCUT2D eigenvalue weighted by molar-refractivity contribution is 5.76. The molecule has 1 amide bonds. The lowest BCUT2D eigenvalue weighted by atomic mass is 10.00. The smallest absolute Gasteiger partial charge is 0.233 e. The van der Waals surface area contributed by atoms with E-state index >= 15 is 0 Å². The molecule has 1 saturated heterocycles. The fourth-order valence-electron chi connectivity index (χ4n) is 1.79. The third kappa shape index (κ3) is 2.63. The number of methoxy groups -OCH3 is 1. The molecule has 0 radical (unpaired) electrons. The molecule has 0 aromatic carbocycles. The Morgan fingerprint density at radius 2 is 2.35 bits per heavy atom. The average Bonchev–Trinajstić information content (AvgIpc) is 2.72. The van der Waals surface area contributed by atoms with Crippen molar-refractivity contribution in [3.8, 4) is 0 Å². The third-order valence-electron chi connectivity index (χ3n) is 2.90. The molecule has 2 heterocycles. The molecule has 0 atom stereocenters. The Labute approximate surface area is 99.9 Å². The lowest BCUT2D eigenvalue weighted by molar-refractivity contribution is -0.135. The maximum atomic E-state index is 11.4. The van der Waals surface area contributed by atoms with E-state index in [0.29, 0.717) is 44.3 Å². The maximum Gasteiger partial charge on any atom is 0.233 e. The summed E-state index contributed by atoms with van der Waals surface area (Å²) in [6.07, 6.45) is 1.21. The van der Waals surface area contributed by atoms with Crippen LogP contribution in [0.4, 0.5) is 0 Å². The van der Waals surface area contributed by atoms with Gasteiger partial charge in [-0.05, 0) is 0 Å². The lowest BCUT2D eigenvalue weighted by Crippen LogP contribution is -2.48. The molecule has 94 valence electrons. The summed E-state index contributed by atoms with van der Waals surface area (Å²) >= 11 is 0. The van der Waals surface area contributed by atoms with E-state index in [-0.39, 0.29) is 11.8 Å². The second-order valence-corrected chi connectivity index (χ2v) is 4.14. The van der Waals surface area contributed by atoms with E-state index in [0.717, 1.165) is 0 Å². The fraction of sp³-hybridized carbons (Fsp3) is 0.727. The monoisotopic (exact) mass is 239 g/mol. The van der Waals surface area contributed by atoms with Gasteiger partial charge in [0.2, 0.25) is 11.8 Å². The molecule has 0 unspecified atom stereocenters. The van der Waals surface area contributed by atoms with Gasteiger partial charge in [0, 0.05) is 33.0 Å². The fourth-order valence-corrected chi connectivity index (χ4v) is 1.79. The Hall–Kier alpha value is -1.43. The maximum absolute atomic E-state index is 11.4. The Morgan fingerprint density at radius 3 is 3.00 bits per heavy atom. The van der Waals surface area contributed by atoms with Crippen molar-refractivity contribution in [2.45, 2.75) is 25.7 Å². The molecule has 0 aliphatic carbocycles. The minimum Gasteiger partial charge on any atom is -0.384 e. The summed E-state index contributed by atoms with van der Waals surface area (Å²) in [5.41, 5.74) is 0. The molecule has 1 fully saturated rings. The summed E-state index contributed by atoms with van der Waals surface area (Å²) in [5.74, 6) is 1.69. The zero-order valence-electron chi connectivity index (χ0n) is 10.2. The van der Waals surface area contributed by atoms with Crippen LogP contribution in [-0.4, -0.2) is 47.8 Å². The number of amides is 1. The normalized spacial score (nSPS) is 16.0. The van der Waals surface area contributed by atoms with E-state index in [1.165, 1.54) is 0 Å². The highest BCUT2D eigenvalue weighted by atomic mass is 16.5. The molecular formula is C11H17N3O3. The van der Waals surface area contributed by atoms with E-state index < -0.39 is 0 Å². The summed E-state index contributed by atoms with van der Waals surface area (Å²) in [6.45, 7) is 3.84. The van der Waals surface area contributed by atoms with Gasteiger partial charge in [-0.1, -0.05) is 12.1 Å². The van der Waals surface area contributed by atoms with Crippen LogP contribution in [0, 0.1) is 0 Å². The Bertz CT molecular complexity index is 385. The average molecular weight is 239 g/mol. The second kappa shape index (κ2) is 5.27. The topological polar surface area (TPSA) is 68.5 Å². The number of carbonyl (C=O) groups excluding carboxylic acids is 1. The second-order valence-electron chi connectivity index (χ2n) is 4.14. The van der Waals surface area contributed by atoms with Crippen LogP contribution < -0.4 is 0 Å². The number of ether oxygens (including phenoxy) is 1. The van der Waals surface area contributed by atoms with Gasteiger partial charge in [-0.15, -0.1) is 0 Å². The van der Waals surface area contributed by atoms with E-state index in [1.807, 2.05) is 11.8 Å². The number of likely N-dealkylation sites (tertiary alicyclic amines) is 1. The van der Waals surface area contributed by atoms with Crippen LogP contribution in [0.25, 0.3) is 0 Å². The van der Waals surface area contributed by atoms with Gasteiger partial charge < -0.3 is 14.2 Å². The van der Waals surface area contributed by atoms with Gasteiger partial charge in [-0.3, -0.25) is 4.79 Å². The predicted molar refractivity (Wildman–Crippen MR) is 59.5 cm³/mol. The van der Waals surface area contributed by atoms with Crippen molar-refractivity contribution in [2.24, 2.45) is 0 Å². The van der Waals surface area contributed by atoms with Crippen molar-refractivity contribution >= 4 is 5.91 Å². The predicted octanol–water partition coefficient (Wildman–Crippen LogP) is 0.594. The van der Waals surface area contributed by atoms with Gasteiger partial charge in [0.15, 0.2) is 5.82 Å². The molecule has 6 nitrogen and oxygen atoms in total. The van der Waals surface area contributed by atoms with Crippen molar-refractivity contribution in [1.29, 1.82) is 0 Å². The van der Waals surface area contributed by atoms with Gasteiger partial charge >= 0.3 is 0 Å². The number of hydrogen-bond donors (Lipinski definition) is 0. The van der Waals surface area contributed by atoms with Crippen molar-refractivity contribution in [2.75, 3.05) is 26.8 Å². The van der Waals surface area contributed by atoms with E-state index in [9.17, 15) is 4.79 Å². The number of aromatic nitrogens is 2. The summed E-state index contributed by atoms with van der Waals surface area (Å²) in [6, 6.07) is 0. The molecule has 1 aromatic heterocycles. The molecular weight excluding hydrogens is 222 g/mol. The SMILES string of the molecule is CCC(=O)N1CC(c2nc(CCOC)no2)C1. The van der Waals surface area contributed by atoms with Crippen molar-refractivity contribution < 1.29 is 14.1 Å². The zero-order valence-corrected chi connectivity index (χ0v) is 10.2. The quantitative estimate of drug-likeness (QED) is 0.752. The van der Waals surface area contributed by atoms with Gasteiger partial charge in [0.25, 0.3) is 0 Å². The molecule has 6 heteroatoms. The van der Waals surface area contributed by atoms with Gasteiger partial charge in [-0.2, -0.15) is 4.98 Å². The number of hydrogen-bond acceptors (Lipinski definition) is 5. The zero-order chi connectivity index (χ0) is 12.3. The van der Waals surface area contributed by atoms with E-state index in [2.05, 4.69) is 10.1 Å². The van der Waals surface area contributed by atoms with E-state index in [1.54, 1.807) is 7.11 Å². The van der Waals surface area contributed by atoms with Crippen LogP contribution in [0.2, 0.25) is 0 Å².